The van der Waals surface area contributed by atoms with Gasteiger partial charge in [-0.05, 0) is 68.5 Å². The molecule has 30 heavy (non-hydrogen) atoms. The first-order valence-electron chi connectivity index (χ1n) is 10.7. The Balaban J connectivity index is 1.67. The molecule has 0 radical (unpaired) electrons. The first-order valence-corrected chi connectivity index (χ1v) is 11.5. The lowest BCUT2D eigenvalue weighted by Crippen LogP contribution is -2.27. The Morgan fingerprint density at radius 2 is 1.80 bits per heavy atom. The van der Waals surface area contributed by atoms with Gasteiger partial charge in [0.15, 0.2) is 4.80 Å². The van der Waals surface area contributed by atoms with Crippen LogP contribution in [-0.2, 0) is 11.3 Å². The summed E-state index contributed by atoms with van der Waals surface area (Å²) < 4.78 is 2.31. The first-order chi connectivity index (χ1) is 14.5. The number of hydrogen-bond donors (Lipinski definition) is 0. The molecule has 3 aromatic rings. The average Bonchev–Trinajstić information content (AvgIpc) is 3.32. The first kappa shape index (κ1) is 20.6. The quantitative estimate of drug-likeness (QED) is 0.528. The standard InChI is InChI=1S/C25H29N3OS/c1-18-7-11-22(12-8-18)26-25-28(15-5-14-27-13-4-6-24(27)29)23(17-30-25)21-10-9-19(2)20(3)16-21/h7-12,16-17H,4-6,13-15H2,1-3H3. The fourth-order valence-corrected chi connectivity index (χ4v) is 4.81. The van der Waals surface area contributed by atoms with E-state index in [4.69, 9.17) is 4.99 Å². The van der Waals surface area contributed by atoms with Crippen LogP contribution in [0.2, 0.25) is 0 Å². The van der Waals surface area contributed by atoms with E-state index in [0.29, 0.717) is 12.3 Å². The van der Waals surface area contributed by atoms with E-state index in [0.717, 1.165) is 43.0 Å². The zero-order valence-corrected chi connectivity index (χ0v) is 18.8. The summed E-state index contributed by atoms with van der Waals surface area (Å²) >= 11 is 1.68. The fraction of sp³-hybridized carbons (Fsp3) is 0.360. The Labute approximate surface area is 182 Å². The van der Waals surface area contributed by atoms with E-state index < -0.39 is 0 Å². The smallest absolute Gasteiger partial charge is 0.222 e. The SMILES string of the molecule is Cc1ccc(N=c2scc(-c3ccc(C)c(C)c3)n2CCCN2CCCC2=O)cc1. The second-order valence-corrected chi connectivity index (χ2v) is 8.98. The van der Waals surface area contributed by atoms with E-state index in [9.17, 15) is 4.79 Å². The number of likely N-dealkylation sites (tertiary alicyclic amines) is 1. The Morgan fingerprint density at radius 1 is 1.00 bits per heavy atom. The van der Waals surface area contributed by atoms with Gasteiger partial charge in [-0.2, -0.15) is 0 Å². The van der Waals surface area contributed by atoms with Crippen molar-refractivity contribution in [2.24, 2.45) is 4.99 Å². The Bertz CT molecular complexity index is 1110. The highest BCUT2D eigenvalue weighted by Gasteiger charge is 2.19. The van der Waals surface area contributed by atoms with Crippen LogP contribution in [0.25, 0.3) is 11.3 Å². The van der Waals surface area contributed by atoms with Crippen molar-refractivity contribution in [1.82, 2.24) is 9.47 Å². The third-order valence-corrected chi connectivity index (χ3v) is 6.70. The fourth-order valence-electron chi connectivity index (χ4n) is 3.86. The van der Waals surface area contributed by atoms with Crippen LogP contribution in [-0.4, -0.2) is 28.5 Å². The molecule has 0 atom stereocenters. The van der Waals surface area contributed by atoms with Crippen molar-refractivity contribution in [1.29, 1.82) is 0 Å². The molecule has 0 bridgehead atoms. The van der Waals surface area contributed by atoms with E-state index in [1.54, 1.807) is 11.3 Å². The van der Waals surface area contributed by atoms with Gasteiger partial charge in [-0.15, -0.1) is 11.3 Å². The predicted molar refractivity (Wildman–Crippen MR) is 124 cm³/mol. The molecule has 0 aliphatic carbocycles. The molecular formula is C25H29N3OS. The Morgan fingerprint density at radius 3 is 2.50 bits per heavy atom. The van der Waals surface area contributed by atoms with Crippen molar-refractivity contribution in [3.63, 3.8) is 0 Å². The predicted octanol–water partition coefficient (Wildman–Crippen LogP) is 5.39. The third kappa shape index (κ3) is 4.57. The van der Waals surface area contributed by atoms with E-state index >= 15 is 0 Å². The molecular weight excluding hydrogens is 390 g/mol. The van der Waals surface area contributed by atoms with Crippen LogP contribution in [0.4, 0.5) is 5.69 Å². The lowest BCUT2D eigenvalue weighted by Gasteiger charge is -2.16. The van der Waals surface area contributed by atoms with Crippen molar-refractivity contribution >= 4 is 22.9 Å². The summed E-state index contributed by atoms with van der Waals surface area (Å²) in [6, 6.07) is 15.0. The molecule has 2 heterocycles. The van der Waals surface area contributed by atoms with Gasteiger partial charge in [0.25, 0.3) is 0 Å². The zero-order chi connectivity index (χ0) is 21.1. The molecule has 1 fully saturated rings. The van der Waals surface area contributed by atoms with Gasteiger partial charge in [-0.25, -0.2) is 4.99 Å². The zero-order valence-electron chi connectivity index (χ0n) is 18.0. The van der Waals surface area contributed by atoms with Crippen LogP contribution in [0.3, 0.4) is 0 Å². The van der Waals surface area contributed by atoms with Gasteiger partial charge in [0, 0.05) is 31.4 Å². The Kier molecular flexibility index (Phi) is 6.18. The molecule has 0 spiro atoms. The number of aromatic nitrogens is 1. The third-order valence-electron chi connectivity index (χ3n) is 5.84. The highest BCUT2D eigenvalue weighted by Crippen LogP contribution is 2.24. The summed E-state index contributed by atoms with van der Waals surface area (Å²) in [7, 11) is 0. The van der Waals surface area contributed by atoms with Crippen LogP contribution in [0.5, 0.6) is 0 Å². The molecule has 4 rings (SSSR count). The van der Waals surface area contributed by atoms with E-state index in [1.807, 2.05) is 4.90 Å². The highest BCUT2D eigenvalue weighted by atomic mass is 32.1. The van der Waals surface area contributed by atoms with E-state index in [1.165, 1.54) is 27.9 Å². The number of nitrogens with zero attached hydrogens (tertiary/aromatic N) is 3. The Hall–Kier alpha value is -2.66. The van der Waals surface area contributed by atoms with E-state index in [-0.39, 0.29) is 0 Å². The molecule has 156 valence electrons. The molecule has 1 amide bonds. The summed E-state index contributed by atoms with van der Waals surface area (Å²) in [5.74, 6) is 0.296. The molecule has 0 N–H and O–H groups in total. The molecule has 0 unspecified atom stereocenters. The number of amides is 1. The van der Waals surface area contributed by atoms with Crippen molar-refractivity contribution < 1.29 is 4.79 Å². The van der Waals surface area contributed by atoms with Gasteiger partial charge >= 0.3 is 0 Å². The minimum Gasteiger partial charge on any atom is -0.343 e. The second-order valence-electron chi connectivity index (χ2n) is 8.14. The lowest BCUT2D eigenvalue weighted by molar-refractivity contribution is -0.127. The number of rotatable bonds is 6. The minimum absolute atomic E-state index is 0.296. The summed E-state index contributed by atoms with van der Waals surface area (Å²) in [5.41, 5.74) is 7.22. The second kappa shape index (κ2) is 9.00. The minimum atomic E-state index is 0.296. The molecule has 5 heteroatoms. The van der Waals surface area contributed by atoms with Gasteiger partial charge in [-0.1, -0.05) is 29.8 Å². The topological polar surface area (TPSA) is 37.6 Å². The van der Waals surface area contributed by atoms with Crippen molar-refractivity contribution in [3.8, 4) is 11.3 Å². The van der Waals surface area contributed by atoms with Crippen LogP contribution in [0.1, 0.15) is 36.0 Å². The van der Waals surface area contributed by atoms with Gasteiger partial charge in [0.1, 0.15) is 0 Å². The maximum atomic E-state index is 12.0. The van der Waals surface area contributed by atoms with Crippen LogP contribution >= 0.6 is 11.3 Å². The van der Waals surface area contributed by atoms with Gasteiger partial charge in [-0.3, -0.25) is 4.79 Å². The summed E-state index contributed by atoms with van der Waals surface area (Å²) in [5, 5.41) is 2.21. The molecule has 0 saturated carbocycles. The number of thiazole rings is 1. The molecule has 1 aliphatic heterocycles. The van der Waals surface area contributed by atoms with Gasteiger partial charge in [0.05, 0.1) is 11.4 Å². The van der Waals surface area contributed by atoms with Crippen molar-refractivity contribution in [2.75, 3.05) is 13.1 Å². The lowest BCUT2D eigenvalue weighted by atomic mass is 10.0. The van der Waals surface area contributed by atoms with Crippen LogP contribution < -0.4 is 4.80 Å². The summed E-state index contributed by atoms with van der Waals surface area (Å²) in [4.78, 5) is 19.9. The van der Waals surface area contributed by atoms with Gasteiger partial charge < -0.3 is 9.47 Å². The maximum Gasteiger partial charge on any atom is 0.222 e. The van der Waals surface area contributed by atoms with Gasteiger partial charge in [0.2, 0.25) is 5.91 Å². The maximum absolute atomic E-state index is 12.0. The molecule has 2 aromatic carbocycles. The summed E-state index contributed by atoms with van der Waals surface area (Å²) in [6.07, 6.45) is 2.63. The highest BCUT2D eigenvalue weighted by molar-refractivity contribution is 7.07. The monoisotopic (exact) mass is 419 g/mol. The largest absolute Gasteiger partial charge is 0.343 e. The van der Waals surface area contributed by atoms with Crippen molar-refractivity contribution in [3.05, 3.63) is 69.3 Å². The molecule has 4 nitrogen and oxygen atoms in total. The van der Waals surface area contributed by atoms with Crippen molar-refractivity contribution in [2.45, 2.75) is 46.6 Å². The summed E-state index contributed by atoms with van der Waals surface area (Å²) in [6.45, 7) is 8.96. The average molecular weight is 420 g/mol. The van der Waals surface area contributed by atoms with E-state index in [2.05, 4.69) is 73.2 Å². The number of carbonyl (C=O) groups is 1. The molecule has 1 aliphatic rings. The molecule has 1 saturated heterocycles. The number of carbonyl (C=O) groups excluding carboxylic acids is 1. The number of aryl methyl sites for hydroxylation is 3. The van der Waals surface area contributed by atoms with Crippen LogP contribution in [0.15, 0.2) is 52.8 Å². The number of benzene rings is 2. The van der Waals surface area contributed by atoms with Crippen LogP contribution in [0, 0.1) is 20.8 Å². The number of hydrogen-bond acceptors (Lipinski definition) is 3. The molecule has 1 aromatic heterocycles. The normalized spacial score (nSPS) is 14.7.